The zero-order chi connectivity index (χ0) is 20.7. The first kappa shape index (κ1) is 21.4. The number of nitrogens with one attached hydrogen (secondary N) is 1. The average Bonchev–Trinajstić information content (AvgIpc) is 2.68. The molecule has 0 radical (unpaired) electrons. The minimum atomic E-state index is -0.546. The molecule has 2 rings (SSSR count). The second kappa shape index (κ2) is 9.85. The van der Waals surface area contributed by atoms with Crippen LogP contribution in [0, 0.1) is 30.6 Å². The summed E-state index contributed by atoms with van der Waals surface area (Å²) in [5.74, 6) is 2.69. The number of benzene rings is 2. The highest BCUT2D eigenvalue weighted by Crippen LogP contribution is 2.37. The summed E-state index contributed by atoms with van der Waals surface area (Å²) in [7, 11) is 1.48. The number of anilines is 1. The Morgan fingerprint density at radius 1 is 1.43 bits per heavy atom. The van der Waals surface area contributed by atoms with Gasteiger partial charge in [0.05, 0.1) is 11.6 Å². The van der Waals surface area contributed by atoms with E-state index in [1.807, 2.05) is 6.07 Å². The van der Waals surface area contributed by atoms with Gasteiger partial charge in [-0.25, -0.2) is 0 Å². The van der Waals surface area contributed by atoms with Gasteiger partial charge < -0.3 is 14.8 Å². The lowest BCUT2D eigenvalue weighted by molar-refractivity contribution is -0.112. The van der Waals surface area contributed by atoms with Crippen molar-refractivity contribution in [3.8, 4) is 29.9 Å². The Morgan fingerprint density at radius 3 is 2.82 bits per heavy atom. The zero-order valence-corrected chi connectivity index (χ0v) is 17.5. The van der Waals surface area contributed by atoms with Crippen molar-refractivity contribution in [2.75, 3.05) is 19.0 Å². The molecule has 1 N–H and O–H groups in total. The Hall–Kier alpha value is -2.93. The highest BCUT2D eigenvalue weighted by molar-refractivity contribution is 9.10. The molecule has 28 heavy (non-hydrogen) atoms. The Bertz CT molecular complexity index is 1020. The maximum atomic E-state index is 12.5. The summed E-state index contributed by atoms with van der Waals surface area (Å²) < 4.78 is 11.4. The fourth-order valence-corrected chi connectivity index (χ4v) is 3.07. The van der Waals surface area contributed by atoms with E-state index in [-0.39, 0.29) is 12.2 Å². The molecule has 0 aliphatic rings. The van der Waals surface area contributed by atoms with Crippen LogP contribution in [0.5, 0.6) is 11.5 Å². The molecular formula is C21H16BrClN2O3. The van der Waals surface area contributed by atoms with Crippen molar-refractivity contribution in [1.29, 1.82) is 5.26 Å². The maximum absolute atomic E-state index is 12.5. The molecule has 7 heteroatoms. The molecular weight excluding hydrogens is 444 g/mol. The summed E-state index contributed by atoms with van der Waals surface area (Å²) in [6.07, 6.45) is 6.67. The lowest BCUT2D eigenvalue weighted by Gasteiger charge is -2.12. The van der Waals surface area contributed by atoms with Gasteiger partial charge in [0, 0.05) is 10.7 Å². The molecule has 0 spiro atoms. The van der Waals surface area contributed by atoms with Crippen molar-refractivity contribution in [3.63, 3.8) is 0 Å². The second-order valence-corrected chi connectivity index (χ2v) is 6.82. The van der Waals surface area contributed by atoms with E-state index in [2.05, 4.69) is 27.2 Å². The second-order valence-electron chi connectivity index (χ2n) is 5.56. The number of rotatable bonds is 6. The van der Waals surface area contributed by atoms with Gasteiger partial charge in [-0.3, -0.25) is 4.79 Å². The minimum Gasteiger partial charge on any atom is -0.493 e. The number of hydrogen-bond donors (Lipinski definition) is 1. The highest BCUT2D eigenvalue weighted by atomic mass is 79.9. The standard InChI is InChI=1S/C21H16BrClN2O3/c1-4-8-28-20-16(22)10-14(11-19(20)27-3)9-15(12-24)21(26)25-18-7-5-6-17(23)13(18)2/h1,5-7,9-11H,8H2,2-3H3,(H,25,26)/b15-9-. The largest absolute Gasteiger partial charge is 0.493 e. The van der Waals surface area contributed by atoms with Crippen LogP contribution in [0.15, 0.2) is 40.4 Å². The van der Waals surface area contributed by atoms with Crippen LogP contribution in [0.2, 0.25) is 5.02 Å². The fraction of sp³-hybridized carbons (Fsp3) is 0.143. The van der Waals surface area contributed by atoms with Gasteiger partial charge in [0.2, 0.25) is 0 Å². The van der Waals surface area contributed by atoms with Crippen LogP contribution in [0.25, 0.3) is 6.08 Å². The summed E-state index contributed by atoms with van der Waals surface area (Å²) in [6.45, 7) is 1.86. The number of carbonyl (C=O) groups excluding carboxylic acids is 1. The van der Waals surface area contributed by atoms with E-state index < -0.39 is 5.91 Å². The quantitative estimate of drug-likeness (QED) is 0.376. The van der Waals surface area contributed by atoms with Crippen molar-refractivity contribution in [1.82, 2.24) is 0 Å². The normalized spacial score (nSPS) is 10.6. The molecule has 0 aromatic heterocycles. The van der Waals surface area contributed by atoms with E-state index in [1.54, 1.807) is 37.3 Å². The van der Waals surface area contributed by atoms with E-state index in [1.165, 1.54) is 13.2 Å². The third kappa shape index (κ3) is 5.07. The molecule has 0 heterocycles. The van der Waals surface area contributed by atoms with E-state index in [9.17, 15) is 10.1 Å². The number of amides is 1. The first-order valence-electron chi connectivity index (χ1n) is 8.03. The van der Waals surface area contributed by atoms with Crippen LogP contribution >= 0.6 is 27.5 Å². The lowest BCUT2D eigenvalue weighted by atomic mass is 10.1. The molecule has 0 atom stereocenters. The van der Waals surface area contributed by atoms with Crippen molar-refractivity contribution in [2.24, 2.45) is 0 Å². The molecule has 142 valence electrons. The molecule has 0 bridgehead atoms. The predicted molar refractivity (Wildman–Crippen MR) is 113 cm³/mol. The number of nitrogens with zero attached hydrogens (tertiary/aromatic N) is 1. The smallest absolute Gasteiger partial charge is 0.266 e. The molecule has 0 fully saturated rings. The van der Waals surface area contributed by atoms with Gasteiger partial charge in [0.1, 0.15) is 18.2 Å². The topological polar surface area (TPSA) is 71.3 Å². The summed E-state index contributed by atoms with van der Waals surface area (Å²) in [5, 5.41) is 12.7. The predicted octanol–water partition coefficient (Wildman–Crippen LogP) is 4.98. The maximum Gasteiger partial charge on any atom is 0.266 e. The van der Waals surface area contributed by atoms with Crippen LogP contribution in [0.4, 0.5) is 5.69 Å². The van der Waals surface area contributed by atoms with Gasteiger partial charge in [0.15, 0.2) is 11.5 Å². The number of ether oxygens (including phenoxy) is 2. The Morgan fingerprint density at radius 2 is 2.18 bits per heavy atom. The summed E-state index contributed by atoms with van der Waals surface area (Å²) in [4.78, 5) is 12.5. The molecule has 0 aliphatic carbocycles. The number of halogens is 2. The summed E-state index contributed by atoms with van der Waals surface area (Å²) in [5.41, 5.74) is 1.75. The first-order chi connectivity index (χ1) is 13.4. The molecule has 0 saturated heterocycles. The van der Waals surface area contributed by atoms with E-state index in [4.69, 9.17) is 27.5 Å². The van der Waals surface area contributed by atoms with Gasteiger partial charge in [-0.15, -0.1) is 6.42 Å². The van der Waals surface area contributed by atoms with Gasteiger partial charge in [-0.2, -0.15) is 5.26 Å². The van der Waals surface area contributed by atoms with E-state index >= 15 is 0 Å². The number of terminal acetylenes is 1. The minimum absolute atomic E-state index is 0.0781. The van der Waals surface area contributed by atoms with Crippen LogP contribution < -0.4 is 14.8 Å². The van der Waals surface area contributed by atoms with Gasteiger partial charge >= 0.3 is 0 Å². The lowest BCUT2D eigenvalue weighted by Crippen LogP contribution is -2.14. The molecule has 2 aromatic rings. The van der Waals surface area contributed by atoms with Crippen LogP contribution in [0.3, 0.4) is 0 Å². The van der Waals surface area contributed by atoms with Crippen molar-refractivity contribution in [3.05, 3.63) is 56.5 Å². The number of methoxy groups -OCH3 is 1. The summed E-state index contributed by atoms with van der Waals surface area (Å²) >= 11 is 9.46. The highest BCUT2D eigenvalue weighted by Gasteiger charge is 2.15. The van der Waals surface area contributed by atoms with Crippen molar-refractivity contribution in [2.45, 2.75) is 6.92 Å². The molecule has 5 nitrogen and oxygen atoms in total. The monoisotopic (exact) mass is 458 g/mol. The van der Waals surface area contributed by atoms with E-state index in [0.717, 1.165) is 0 Å². The third-order valence-corrected chi connectivity index (χ3v) is 4.74. The third-order valence-electron chi connectivity index (χ3n) is 3.74. The number of nitriles is 1. The van der Waals surface area contributed by atoms with Crippen molar-refractivity contribution < 1.29 is 14.3 Å². The van der Waals surface area contributed by atoms with E-state index in [0.29, 0.717) is 37.8 Å². The Kier molecular flexibility index (Phi) is 7.52. The molecule has 0 unspecified atom stereocenters. The number of carbonyl (C=O) groups is 1. The zero-order valence-electron chi connectivity index (χ0n) is 15.2. The van der Waals surface area contributed by atoms with Crippen molar-refractivity contribution >= 4 is 45.2 Å². The van der Waals surface area contributed by atoms with Crippen LogP contribution in [-0.2, 0) is 4.79 Å². The molecule has 2 aromatic carbocycles. The Labute approximate surface area is 177 Å². The van der Waals surface area contributed by atoms with Crippen LogP contribution in [-0.4, -0.2) is 19.6 Å². The molecule has 1 amide bonds. The Balaban J connectivity index is 2.34. The SMILES string of the molecule is C#CCOc1c(Br)cc(/C=C(/C#N)C(=O)Nc2cccc(Cl)c2C)cc1OC. The number of hydrogen-bond acceptors (Lipinski definition) is 4. The van der Waals surface area contributed by atoms with Gasteiger partial charge in [0.25, 0.3) is 5.91 Å². The molecule has 0 aliphatic heterocycles. The molecule has 0 saturated carbocycles. The van der Waals surface area contributed by atoms with Gasteiger partial charge in [-0.05, 0) is 64.3 Å². The fourth-order valence-electron chi connectivity index (χ4n) is 2.32. The van der Waals surface area contributed by atoms with Crippen LogP contribution in [0.1, 0.15) is 11.1 Å². The first-order valence-corrected chi connectivity index (χ1v) is 9.20. The summed E-state index contributed by atoms with van der Waals surface area (Å²) in [6, 6.07) is 10.4. The van der Waals surface area contributed by atoms with Gasteiger partial charge in [-0.1, -0.05) is 23.6 Å². The average molecular weight is 460 g/mol.